The van der Waals surface area contributed by atoms with Gasteiger partial charge in [-0.2, -0.15) is 4.31 Å². The second kappa shape index (κ2) is 6.96. The number of hydrogen-bond acceptors (Lipinski definition) is 6. The third kappa shape index (κ3) is 3.25. The van der Waals surface area contributed by atoms with Gasteiger partial charge >= 0.3 is 0 Å². The number of pyridine rings is 1. The summed E-state index contributed by atoms with van der Waals surface area (Å²) in [6, 6.07) is 3.41. The number of hydrogen-bond donors (Lipinski definition) is 1. The molecule has 3 rings (SSSR count). The van der Waals surface area contributed by atoms with E-state index in [2.05, 4.69) is 15.5 Å². The van der Waals surface area contributed by atoms with Gasteiger partial charge in [0.05, 0.1) is 6.04 Å². The first-order valence-corrected chi connectivity index (χ1v) is 8.51. The van der Waals surface area contributed by atoms with Crippen LogP contribution in [0.5, 0.6) is 0 Å². The van der Waals surface area contributed by atoms with Gasteiger partial charge < -0.3 is 9.84 Å². The van der Waals surface area contributed by atoms with E-state index in [9.17, 15) is 8.42 Å². The van der Waals surface area contributed by atoms with Crippen molar-refractivity contribution in [2.75, 3.05) is 19.6 Å². The molecular weight excluding hydrogens is 340 g/mol. The highest BCUT2D eigenvalue weighted by molar-refractivity contribution is 7.89. The fraction of sp³-hybridized carbons (Fsp3) is 0.429. The molecule has 1 N–H and O–H groups in total. The normalized spacial score (nSPS) is 19.3. The van der Waals surface area contributed by atoms with Crippen molar-refractivity contribution in [1.82, 2.24) is 19.8 Å². The summed E-state index contributed by atoms with van der Waals surface area (Å²) < 4.78 is 32.6. The summed E-state index contributed by atoms with van der Waals surface area (Å²) in [4.78, 5) is 4.26. The predicted molar refractivity (Wildman–Crippen MR) is 87.0 cm³/mol. The van der Waals surface area contributed by atoms with E-state index in [4.69, 9.17) is 4.52 Å². The van der Waals surface area contributed by atoms with Crippen molar-refractivity contribution >= 4 is 22.4 Å². The first kappa shape index (κ1) is 17.9. The number of piperazine rings is 1. The minimum atomic E-state index is -3.67. The van der Waals surface area contributed by atoms with Crippen molar-refractivity contribution in [3.05, 3.63) is 41.5 Å². The van der Waals surface area contributed by atoms with Crippen LogP contribution >= 0.6 is 12.4 Å². The number of halogens is 1. The Morgan fingerprint density at radius 3 is 2.78 bits per heavy atom. The van der Waals surface area contributed by atoms with Gasteiger partial charge in [-0.25, -0.2) is 8.42 Å². The molecule has 0 aromatic carbocycles. The fourth-order valence-electron chi connectivity index (χ4n) is 2.79. The molecule has 126 valence electrons. The van der Waals surface area contributed by atoms with E-state index in [1.54, 1.807) is 26.2 Å². The van der Waals surface area contributed by atoms with Crippen molar-refractivity contribution in [3.8, 4) is 0 Å². The van der Waals surface area contributed by atoms with Gasteiger partial charge in [-0.05, 0) is 25.5 Å². The summed E-state index contributed by atoms with van der Waals surface area (Å²) in [6.45, 7) is 4.82. The number of nitrogens with one attached hydrogen (secondary N) is 1. The van der Waals surface area contributed by atoms with Gasteiger partial charge in [0.1, 0.15) is 10.6 Å². The third-order valence-electron chi connectivity index (χ3n) is 3.80. The van der Waals surface area contributed by atoms with Crippen molar-refractivity contribution in [3.63, 3.8) is 0 Å². The number of nitrogens with zero attached hydrogens (tertiary/aromatic N) is 3. The van der Waals surface area contributed by atoms with Crippen LogP contribution in [0.25, 0.3) is 0 Å². The zero-order valence-corrected chi connectivity index (χ0v) is 14.5. The van der Waals surface area contributed by atoms with Crippen LogP contribution in [0.1, 0.15) is 23.1 Å². The molecule has 1 aliphatic rings. The van der Waals surface area contributed by atoms with E-state index in [-0.39, 0.29) is 23.3 Å². The lowest BCUT2D eigenvalue weighted by molar-refractivity contribution is 0.270. The fourth-order valence-corrected chi connectivity index (χ4v) is 4.70. The lowest BCUT2D eigenvalue weighted by atomic mass is 10.1. The van der Waals surface area contributed by atoms with Crippen LogP contribution in [0, 0.1) is 13.8 Å². The molecule has 2 aromatic rings. The largest absolute Gasteiger partial charge is 0.360 e. The molecule has 23 heavy (non-hydrogen) atoms. The van der Waals surface area contributed by atoms with Crippen LogP contribution in [-0.4, -0.2) is 42.5 Å². The minimum Gasteiger partial charge on any atom is -0.360 e. The average molecular weight is 359 g/mol. The predicted octanol–water partition coefficient (Wildman–Crippen LogP) is 1.44. The number of aromatic nitrogens is 2. The van der Waals surface area contributed by atoms with Crippen molar-refractivity contribution in [1.29, 1.82) is 0 Å². The molecular formula is C14H19ClN4O3S. The molecule has 2 aromatic heterocycles. The quantitative estimate of drug-likeness (QED) is 0.893. The zero-order chi connectivity index (χ0) is 15.7. The van der Waals surface area contributed by atoms with Gasteiger partial charge in [-0.1, -0.05) is 11.2 Å². The van der Waals surface area contributed by atoms with E-state index in [0.717, 1.165) is 5.56 Å². The summed E-state index contributed by atoms with van der Waals surface area (Å²) in [5, 5.41) is 7.00. The van der Waals surface area contributed by atoms with E-state index < -0.39 is 10.0 Å². The highest BCUT2D eigenvalue weighted by atomic mass is 35.5. The Bertz CT molecular complexity index is 744. The Balaban J connectivity index is 0.00000192. The van der Waals surface area contributed by atoms with E-state index in [1.165, 1.54) is 4.31 Å². The summed E-state index contributed by atoms with van der Waals surface area (Å²) in [5.74, 6) is 0.320. The van der Waals surface area contributed by atoms with E-state index >= 15 is 0 Å². The Labute approximate surface area is 141 Å². The lowest BCUT2D eigenvalue weighted by Gasteiger charge is -2.35. The lowest BCUT2D eigenvalue weighted by Crippen LogP contribution is -2.48. The van der Waals surface area contributed by atoms with Gasteiger partial charge in [0.15, 0.2) is 5.76 Å². The van der Waals surface area contributed by atoms with Crippen LogP contribution in [-0.2, 0) is 10.0 Å². The van der Waals surface area contributed by atoms with Crippen LogP contribution in [0.4, 0.5) is 0 Å². The van der Waals surface area contributed by atoms with Crippen LogP contribution in [0.3, 0.4) is 0 Å². The van der Waals surface area contributed by atoms with E-state index in [1.807, 2.05) is 12.1 Å². The van der Waals surface area contributed by atoms with Gasteiger partial charge in [0.25, 0.3) is 0 Å². The Morgan fingerprint density at radius 1 is 1.39 bits per heavy atom. The van der Waals surface area contributed by atoms with Gasteiger partial charge in [0, 0.05) is 32.0 Å². The maximum atomic E-state index is 13.1. The second-order valence-corrected chi connectivity index (χ2v) is 7.10. The maximum absolute atomic E-state index is 13.1. The molecule has 1 aliphatic heterocycles. The van der Waals surface area contributed by atoms with Crippen molar-refractivity contribution < 1.29 is 12.9 Å². The maximum Gasteiger partial charge on any atom is 0.249 e. The van der Waals surface area contributed by atoms with Crippen molar-refractivity contribution in [2.45, 2.75) is 24.8 Å². The van der Waals surface area contributed by atoms with Crippen LogP contribution < -0.4 is 5.32 Å². The standard InChI is InChI=1S/C14H18N4O3S.ClH/c1-10-14(11(2)21-17-10)22(19,20)18-7-6-16-9-13(18)12-4-3-5-15-8-12;/h3-5,8,13,16H,6-7,9H2,1-2H3;1H. The molecule has 0 saturated carbocycles. The summed E-state index contributed by atoms with van der Waals surface area (Å²) in [5.41, 5.74) is 1.26. The summed E-state index contributed by atoms with van der Waals surface area (Å²) in [6.07, 6.45) is 3.38. The van der Waals surface area contributed by atoms with Crippen molar-refractivity contribution in [2.24, 2.45) is 0 Å². The highest BCUT2D eigenvalue weighted by Crippen LogP contribution is 2.31. The Hall–Kier alpha value is -1.48. The third-order valence-corrected chi connectivity index (χ3v) is 5.95. The second-order valence-electron chi connectivity index (χ2n) is 5.28. The molecule has 1 fully saturated rings. The minimum absolute atomic E-state index is 0. The molecule has 1 saturated heterocycles. The first-order chi connectivity index (χ1) is 10.5. The molecule has 1 unspecified atom stereocenters. The summed E-state index contributed by atoms with van der Waals surface area (Å²) in [7, 11) is -3.67. The molecule has 9 heteroatoms. The molecule has 7 nitrogen and oxygen atoms in total. The van der Waals surface area contributed by atoms with Crippen LogP contribution in [0.2, 0.25) is 0 Å². The monoisotopic (exact) mass is 358 g/mol. The molecule has 0 aliphatic carbocycles. The number of aryl methyl sites for hydroxylation is 2. The molecule has 0 spiro atoms. The smallest absolute Gasteiger partial charge is 0.249 e. The number of rotatable bonds is 3. The zero-order valence-electron chi connectivity index (χ0n) is 12.9. The molecule has 1 atom stereocenters. The van der Waals surface area contributed by atoms with E-state index in [0.29, 0.717) is 31.1 Å². The number of sulfonamides is 1. The Kier molecular flexibility index (Phi) is 5.41. The van der Waals surface area contributed by atoms with Crippen LogP contribution in [0.15, 0.2) is 33.9 Å². The van der Waals surface area contributed by atoms with Gasteiger partial charge in [-0.15, -0.1) is 12.4 Å². The molecule has 0 radical (unpaired) electrons. The Morgan fingerprint density at radius 2 is 2.17 bits per heavy atom. The van der Waals surface area contributed by atoms with Gasteiger partial charge in [0.2, 0.25) is 10.0 Å². The molecule has 3 heterocycles. The topological polar surface area (TPSA) is 88.3 Å². The SMILES string of the molecule is Cc1noc(C)c1S(=O)(=O)N1CCNCC1c1cccnc1.Cl. The average Bonchev–Trinajstić information content (AvgIpc) is 2.88. The van der Waals surface area contributed by atoms with Gasteiger partial charge in [-0.3, -0.25) is 4.98 Å². The summed E-state index contributed by atoms with van der Waals surface area (Å²) >= 11 is 0. The highest BCUT2D eigenvalue weighted by Gasteiger charge is 2.37. The molecule has 0 amide bonds. The molecule has 0 bridgehead atoms. The first-order valence-electron chi connectivity index (χ1n) is 7.07.